The molecule has 0 N–H and O–H groups in total. The molecule has 0 atom stereocenters. The van der Waals surface area contributed by atoms with Crippen molar-refractivity contribution in [3.05, 3.63) is 89.0 Å². The van der Waals surface area contributed by atoms with Crippen LogP contribution in [0.25, 0.3) is 0 Å². The normalized spacial score (nSPS) is 14.1. The van der Waals surface area contributed by atoms with Crippen molar-refractivity contribution in [3.8, 4) is 0 Å². The largest absolute Gasteiger partial charge is 0.441 e. The number of anilines is 3. The van der Waals surface area contributed by atoms with Crippen molar-refractivity contribution in [2.75, 3.05) is 57.0 Å². The molecule has 0 aromatic heterocycles. The van der Waals surface area contributed by atoms with Crippen LogP contribution in [0.5, 0.6) is 0 Å². The summed E-state index contributed by atoms with van der Waals surface area (Å²) in [6, 6.07) is 22.4. The third-order valence-corrected chi connectivity index (χ3v) is 5.95. The van der Waals surface area contributed by atoms with E-state index in [1.807, 2.05) is 59.3 Å². The van der Waals surface area contributed by atoms with Gasteiger partial charge in [-0.25, -0.2) is 4.79 Å². The second kappa shape index (κ2) is 7.65. The Morgan fingerprint density at radius 2 is 1.03 bits per heavy atom. The maximum absolute atomic E-state index is 13.0. The Bertz CT molecular complexity index is 1050. The molecular weight excluding hydrogens is 386 g/mol. The van der Waals surface area contributed by atoms with E-state index in [9.17, 15) is 4.79 Å². The topological polar surface area (TPSA) is 36.0 Å². The molecule has 5 nitrogen and oxygen atoms in total. The summed E-state index contributed by atoms with van der Waals surface area (Å²) in [6.07, 6.45) is 0. The number of benzene rings is 3. The Morgan fingerprint density at radius 1 is 0.613 bits per heavy atom. The second-order valence-corrected chi connectivity index (χ2v) is 8.58. The number of nitrogens with zero attached hydrogens (tertiary/aromatic N) is 3. The molecule has 0 bridgehead atoms. The van der Waals surface area contributed by atoms with Crippen LogP contribution >= 0.6 is 0 Å². The maximum Gasteiger partial charge on any atom is 0.340 e. The molecule has 0 saturated heterocycles. The number of ether oxygens (including phenoxy) is 1. The monoisotopic (exact) mass is 415 g/mol. The number of fused-ring (bicyclic) bond motifs is 1. The first-order valence-corrected chi connectivity index (χ1v) is 10.3. The number of carbonyl (C=O) groups excluding carboxylic acids is 1. The Morgan fingerprint density at radius 3 is 1.45 bits per heavy atom. The van der Waals surface area contributed by atoms with E-state index in [0.717, 1.165) is 33.8 Å². The molecule has 1 heterocycles. The van der Waals surface area contributed by atoms with Gasteiger partial charge in [0.2, 0.25) is 0 Å². The highest BCUT2D eigenvalue weighted by Gasteiger charge is 2.48. The minimum atomic E-state index is -0.992. The van der Waals surface area contributed by atoms with Gasteiger partial charge in [-0.15, -0.1) is 0 Å². The summed E-state index contributed by atoms with van der Waals surface area (Å²) >= 11 is 0. The number of hydrogen-bond donors (Lipinski definition) is 0. The summed E-state index contributed by atoms with van der Waals surface area (Å²) in [5.74, 6) is -0.298. The van der Waals surface area contributed by atoms with Crippen LogP contribution in [-0.2, 0) is 10.3 Å². The van der Waals surface area contributed by atoms with E-state index < -0.39 is 5.60 Å². The first-order valence-electron chi connectivity index (χ1n) is 10.3. The van der Waals surface area contributed by atoms with E-state index in [1.54, 1.807) is 0 Å². The summed E-state index contributed by atoms with van der Waals surface area (Å²) in [5.41, 5.74) is 5.56. The van der Waals surface area contributed by atoms with Crippen LogP contribution in [-0.4, -0.2) is 48.3 Å². The molecule has 0 amide bonds. The molecule has 0 saturated carbocycles. The van der Waals surface area contributed by atoms with Crippen molar-refractivity contribution < 1.29 is 9.53 Å². The summed E-state index contributed by atoms with van der Waals surface area (Å²) in [7, 11) is 12.0. The molecule has 1 aliphatic heterocycles. The SMILES string of the molecule is CN(C)c1ccc(C2(c3ccc(N(C)C)cc3)OC(=O)c3ccc(N(C)C)cc32)cc1. The second-order valence-electron chi connectivity index (χ2n) is 8.58. The van der Waals surface area contributed by atoms with Crippen molar-refractivity contribution in [1.82, 2.24) is 0 Å². The number of esters is 1. The third-order valence-electron chi connectivity index (χ3n) is 5.95. The van der Waals surface area contributed by atoms with Crippen molar-refractivity contribution in [3.63, 3.8) is 0 Å². The van der Waals surface area contributed by atoms with Gasteiger partial charge in [0.25, 0.3) is 0 Å². The zero-order chi connectivity index (χ0) is 22.3. The van der Waals surface area contributed by atoms with Gasteiger partial charge in [-0.3, -0.25) is 0 Å². The van der Waals surface area contributed by atoms with Gasteiger partial charge in [0.05, 0.1) is 5.56 Å². The van der Waals surface area contributed by atoms with Gasteiger partial charge in [0.1, 0.15) is 0 Å². The van der Waals surface area contributed by atoms with Crippen molar-refractivity contribution in [1.29, 1.82) is 0 Å². The Kier molecular flexibility index (Phi) is 5.13. The molecule has 4 rings (SSSR count). The molecular formula is C26H29N3O2. The molecule has 5 heteroatoms. The summed E-state index contributed by atoms with van der Waals surface area (Å²) in [5, 5.41) is 0. The number of carbonyl (C=O) groups is 1. The smallest absolute Gasteiger partial charge is 0.340 e. The van der Waals surface area contributed by atoms with Crippen LogP contribution in [0, 0.1) is 0 Å². The highest BCUT2D eigenvalue weighted by atomic mass is 16.6. The predicted molar refractivity (Wildman–Crippen MR) is 128 cm³/mol. The van der Waals surface area contributed by atoms with Crippen molar-refractivity contribution in [2.45, 2.75) is 5.60 Å². The Labute approximate surface area is 184 Å². The zero-order valence-corrected chi connectivity index (χ0v) is 19.0. The van der Waals surface area contributed by atoms with E-state index >= 15 is 0 Å². The number of hydrogen-bond acceptors (Lipinski definition) is 5. The molecule has 0 aliphatic carbocycles. The molecule has 3 aromatic rings. The van der Waals surface area contributed by atoms with Crippen LogP contribution in [0.1, 0.15) is 27.0 Å². The Balaban J connectivity index is 1.97. The van der Waals surface area contributed by atoms with Crippen LogP contribution in [0.2, 0.25) is 0 Å². The minimum absolute atomic E-state index is 0.298. The summed E-state index contributed by atoms with van der Waals surface area (Å²) < 4.78 is 6.24. The molecule has 0 unspecified atom stereocenters. The zero-order valence-electron chi connectivity index (χ0n) is 19.0. The fraction of sp³-hybridized carbons (Fsp3) is 0.269. The van der Waals surface area contributed by atoms with Crippen LogP contribution in [0.4, 0.5) is 17.1 Å². The lowest BCUT2D eigenvalue weighted by molar-refractivity contribution is 0.0251. The van der Waals surface area contributed by atoms with Crippen molar-refractivity contribution >= 4 is 23.0 Å². The highest BCUT2D eigenvalue weighted by molar-refractivity contribution is 5.97. The van der Waals surface area contributed by atoms with Crippen LogP contribution in [0.3, 0.4) is 0 Å². The van der Waals surface area contributed by atoms with Gasteiger partial charge in [0.15, 0.2) is 5.60 Å². The van der Waals surface area contributed by atoms with Crippen LogP contribution < -0.4 is 14.7 Å². The van der Waals surface area contributed by atoms with Gasteiger partial charge in [-0.2, -0.15) is 0 Å². The quantitative estimate of drug-likeness (QED) is 0.579. The van der Waals surface area contributed by atoms with Gasteiger partial charge in [-0.05, 0) is 42.5 Å². The molecule has 160 valence electrons. The van der Waals surface area contributed by atoms with Crippen LogP contribution in [0.15, 0.2) is 66.7 Å². The lowest BCUT2D eigenvalue weighted by Gasteiger charge is -2.31. The summed E-state index contributed by atoms with van der Waals surface area (Å²) in [4.78, 5) is 19.2. The average Bonchev–Trinajstić information content (AvgIpc) is 3.06. The fourth-order valence-electron chi connectivity index (χ4n) is 4.11. The van der Waals surface area contributed by atoms with E-state index in [1.165, 1.54) is 0 Å². The standard InChI is InChI=1S/C26H29N3O2/c1-27(2)20-11-7-18(8-12-20)26(19-9-13-21(14-10-19)28(3)4)24-17-22(29(5)6)15-16-23(24)25(30)31-26/h7-17H,1-6H3. The van der Waals surface area contributed by atoms with E-state index in [2.05, 4.69) is 64.4 Å². The van der Waals surface area contributed by atoms with E-state index in [4.69, 9.17) is 4.74 Å². The molecule has 31 heavy (non-hydrogen) atoms. The molecule has 0 spiro atoms. The minimum Gasteiger partial charge on any atom is -0.441 e. The predicted octanol–water partition coefficient (Wildman–Crippen LogP) is 4.35. The van der Waals surface area contributed by atoms with Gasteiger partial charge in [0, 0.05) is 76.0 Å². The molecule has 1 aliphatic rings. The fourth-order valence-corrected chi connectivity index (χ4v) is 4.11. The first kappa shape index (κ1) is 20.8. The van der Waals surface area contributed by atoms with Gasteiger partial charge in [-0.1, -0.05) is 24.3 Å². The van der Waals surface area contributed by atoms with Crippen molar-refractivity contribution in [2.24, 2.45) is 0 Å². The third kappa shape index (κ3) is 3.40. The Hall–Kier alpha value is -3.47. The first-order chi connectivity index (χ1) is 14.7. The van der Waals surface area contributed by atoms with E-state index in [0.29, 0.717) is 5.56 Å². The average molecular weight is 416 g/mol. The lowest BCUT2D eigenvalue weighted by Crippen LogP contribution is -2.30. The maximum atomic E-state index is 13.0. The number of rotatable bonds is 5. The molecule has 0 fully saturated rings. The number of cyclic esters (lactones) is 1. The van der Waals surface area contributed by atoms with Gasteiger partial charge < -0.3 is 19.4 Å². The lowest BCUT2D eigenvalue weighted by atomic mass is 9.79. The molecule has 3 aromatic carbocycles. The highest BCUT2D eigenvalue weighted by Crippen LogP contribution is 2.48. The van der Waals surface area contributed by atoms with E-state index in [-0.39, 0.29) is 5.97 Å². The molecule has 0 radical (unpaired) electrons. The summed E-state index contributed by atoms with van der Waals surface area (Å²) in [6.45, 7) is 0. The van der Waals surface area contributed by atoms with Gasteiger partial charge >= 0.3 is 5.97 Å².